The number of aromatic nitrogens is 3. The normalized spacial score (nSPS) is 10.7. The largest absolute Gasteiger partial charge is 0.293 e. The molecule has 2 aromatic rings. The summed E-state index contributed by atoms with van der Waals surface area (Å²) in [4.78, 5) is 15.3. The van der Waals surface area contributed by atoms with Crippen LogP contribution in [0.2, 0.25) is 0 Å². The minimum Gasteiger partial charge on any atom is -0.293 e. The highest BCUT2D eigenvalue weighted by atomic mass is 16.1. The third kappa shape index (κ3) is 2.06. The fraction of sp³-hybridized carbons (Fsp3) is 0.357. The predicted octanol–water partition coefficient (Wildman–Crippen LogP) is 2.65. The molecule has 0 fully saturated rings. The zero-order valence-electron chi connectivity index (χ0n) is 11.2. The van der Waals surface area contributed by atoms with Gasteiger partial charge in [-0.15, -0.1) is 0 Å². The molecule has 4 nitrogen and oxygen atoms in total. The minimum atomic E-state index is -0.0239. The van der Waals surface area contributed by atoms with Crippen LogP contribution >= 0.6 is 0 Å². The number of pyridine rings is 1. The lowest BCUT2D eigenvalue weighted by atomic mass is 10.1. The summed E-state index contributed by atoms with van der Waals surface area (Å²) in [5.74, 6) is -0.0239. The van der Waals surface area contributed by atoms with Crippen LogP contribution < -0.4 is 0 Å². The Morgan fingerprint density at radius 2 is 2.06 bits per heavy atom. The molecule has 2 heterocycles. The van der Waals surface area contributed by atoms with E-state index in [2.05, 4.69) is 23.9 Å². The molecular weight excluding hydrogens is 226 g/mol. The molecule has 0 aliphatic heterocycles. The van der Waals surface area contributed by atoms with Crippen LogP contribution in [0, 0.1) is 13.8 Å². The van der Waals surface area contributed by atoms with E-state index in [0.29, 0.717) is 5.69 Å². The lowest BCUT2D eigenvalue weighted by Crippen LogP contribution is -2.02. The van der Waals surface area contributed by atoms with Crippen molar-refractivity contribution in [3.63, 3.8) is 0 Å². The van der Waals surface area contributed by atoms with Gasteiger partial charge in [0, 0.05) is 12.6 Å². The standard InChI is InChI=1S/C14H17N3O/c1-5-13-9(2)16-17(10(13)3)12-6-7-14(11(4)18)15-8-12/h6-8H,5H2,1-4H3. The zero-order chi connectivity index (χ0) is 13.3. The van der Waals surface area contributed by atoms with Crippen molar-refractivity contribution in [3.05, 3.63) is 41.0 Å². The van der Waals surface area contributed by atoms with Gasteiger partial charge in [-0.25, -0.2) is 4.68 Å². The first-order valence-electron chi connectivity index (χ1n) is 6.07. The summed E-state index contributed by atoms with van der Waals surface area (Å²) in [6, 6.07) is 3.61. The molecule has 0 saturated carbocycles. The average Bonchev–Trinajstić information content (AvgIpc) is 2.64. The maximum Gasteiger partial charge on any atom is 0.178 e. The van der Waals surface area contributed by atoms with Crippen molar-refractivity contribution in [2.75, 3.05) is 0 Å². The Morgan fingerprint density at radius 3 is 2.50 bits per heavy atom. The Hall–Kier alpha value is -1.97. The van der Waals surface area contributed by atoms with Gasteiger partial charge in [0.15, 0.2) is 5.78 Å². The molecule has 0 aliphatic rings. The maximum absolute atomic E-state index is 11.2. The van der Waals surface area contributed by atoms with Gasteiger partial charge in [-0.05, 0) is 38.0 Å². The first kappa shape index (κ1) is 12.5. The van der Waals surface area contributed by atoms with Gasteiger partial charge in [-0.1, -0.05) is 6.92 Å². The van der Waals surface area contributed by atoms with Crippen LogP contribution in [0.15, 0.2) is 18.3 Å². The zero-order valence-corrected chi connectivity index (χ0v) is 11.2. The van der Waals surface area contributed by atoms with E-state index in [1.807, 2.05) is 17.7 Å². The van der Waals surface area contributed by atoms with Gasteiger partial charge in [0.25, 0.3) is 0 Å². The molecule has 0 aromatic carbocycles. The monoisotopic (exact) mass is 243 g/mol. The molecule has 0 saturated heterocycles. The predicted molar refractivity (Wildman–Crippen MR) is 70.2 cm³/mol. The lowest BCUT2D eigenvalue weighted by Gasteiger charge is -2.05. The summed E-state index contributed by atoms with van der Waals surface area (Å²) in [7, 11) is 0. The highest BCUT2D eigenvalue weighted by molar-refractivity contribution is 5.92. The van der Waals surface area contributed by atoms with Crippen molar-refractivity contribution in [2.24, 2.45) is 0 Å². The summed E-state index contributed by atoms with van der Waals surface area (Å²) in [6.07, 6.45) is 2.66. The number of nitrogens with zero attached hydrogens (tertiary/aromatic N) is 3. The van der Waals surface area contributed by atoms with Crippen molar-refractivity contribution in [1.29, 1.82) is 0 Å². The average molecular weight is 243 g/mol. The van der Waals surface area contributed by atoms with Gasteiger partial charge in [-0.2, -0.15) is 5.10 Å². The molecule has 0 radical (unpaired) electrons. The Labute approximate surface area is 107 Å². The minimum absolute atomic E-state index is 0.0239. The number of rotatable bonds is 3. The summed E-state index contributed by atoms with van der Waals surface area (Å²) < 4.78 is 1.88. The molecule has 0 N–H and O–H groups in total. The van der Waals surface area contributed by atoms with Crippen molar-refractivity contribution >= 4 is 5.78 Å². The van der Waals surface area contributed by atoms with E-state index >= 15 is 0 Å². The van der Waals surface area contributed by atoms with Gasteiger partial charge in [0.05, 0.1) is 17.6 Å². The van der Waals surface area contributed by atoms with E-state index in [1.54, 1.807) is 12.3 Å². The summed E-state index contributed by atoms with van der Waals surface area (Å²) in [5.41, 5.74) is 4.82. The topological polar surface area (TPSA) is 47.8 Å². The number of Topliss-reactive ketones (excluding diaryl/α,β-unsaturated/α-hetero) is 1. The third-order valence-corrected chi connectivity index (χ3v) is 3.15. The van der Waals surface area contributed by atoms with Gasteiger partial charge in [-0.3, -0.25) is 9.78 Å². The van der Waals surface area contributed by atoms with Crippen LogP contribution in [-0.4, -0.2) is 20.5 Å². The second-order valence-corrected chi connectivity index (χ2v) is 4.37. The van der Waals surface area contributed by atoms with E-state index in [-0.39, 0.29) is 5.78 Å². The first-order chi connectivity index (χ1) is 8.54. The smallest absolute Gasteiger partial charge is 0.178 e. The Morgan fingerprint density at radius 1 is 1.33 bits per heavy atom. The van der Waals surface area contributed by atoms with Crippen molar-refractivity contribution in [2.45, 2.75) is 34.1 Å². The fourth-order valence-corrected chi connectivity index (χ4v) is 2.16. The molecule has 0 atom stereocenters. The van der Waals surface area contributed by atoms with E-state index in [9.17, 15) is 4.79 Å². The van der Waals surface area contributed by atoms with E-state index in [0.717, 1.165) is 23.5 Å². The molecule has 18 heavy (non-hydrogen) atoms. The lowest BCUT2D eigenvalue weighted by molar-refractivity contribution is 0.101. The van der Waals surface area contributed by atoms with Gasteiger partial charge >= 0.3 is 0 Å². The fourth-order valence-electron chi connectivity index (χ4n) is 2.16. The second-order valence-electron chi connectivity index (χ2n) is 4.37. The number of ketones is 1. The summed E-state index contributed by atoms with van der Waals surface area (Å²) in [6.45, 7) is 7.70. The Bertz CT molecular complexity index is 582. The SMILES string of the molecule is CCc1c(C)nn(-c2ccc(C(C)=O)nc2)c1C. The van der Waals surface area contributed by atoms with Crippen LogP contribution in [0.4, 0.5) is 0 Å². The third-order valence-electron chi connectivity index (χ3n) is 3.15. The molecule has 0 bridgehead atoms. The van der Waals surface area contributed by atoms with Crippen LogP contribution in [0.25, 0.3) is 5.69 Å². The van der Waals surface area contributed by atoms with Gasteiger partial charge in [0.1, 0.15) is 5.69 Å². The Balaban J connectivity index is 2.46. The van der Waals surface area contributed by atoms with Crippen LogP contribution in [0.1, 0.15) is 41.3 Å². The molecule has 0 spiro atoms. The van der Waals surface area contributed by atoms with Crippen molar-refractivity contribution < 1.29 is 4.79 Å². The maximum atomic E-state index is 11.2. The van der Waals surface area contributed by atoms with Gasteiger partial charge in [0.2, 0.25) is 0 Å². The van der Waals surface area contributed by atoms with E-state index in [4.69, 9.17) is 0 Å². The van der Waals surface area contributed by atoms with Crippen LogP contribution in [-0.2, 0) is 6.42 Å². The molecule has 0 amide bonds. The number of hydrogen-bond acceptors (Lipinski definition) is 3. The number of carbonyl (C=O) groups excluding carboxylic acids is 1. The first-order valence-corrected chi connectivity index (χ1v) is 6.07. The number of aryl methyl sites for hydroxylation is 1. The second kappa shape index (κ2) is 4.72. The number of hydrogen-bond donors (Lipinski definition) is 0. The summed E-state index contributed by atoms with van der Waals surface area (Å²) >= 11 is 0. The summed E-state index contributed by atoms with van der Waals surface area (Å²) in [5, 5.41) is 4.52. The van der Waals surface area contributed by atoms with E-state index < -0.39 is 0 Å². The Kier molecular flexibility index (Phi) is 3.28. The highest BCUT2D eigenvalue weighted by Crippen LogP contribution is 2.17. The molecule has 0 aliphatic carbocycles. The molecule has 2 aromatic heterocycles. The van der Waals surface area contributed by atoms with Crippen LogP contribution in [0.5, 0.6) is 0 Å². The van der Waals surface area contributed by atoms with Crippen LogP contribution in [0.3, 0.4) is 0 Å². The highest BCUT2D eigenvalue weighted by Gasteiger charge is 2.11. The molecule has 2 rings (SSSR count). The quantitative estimate of drug-likeness (QED) is 0.779. The molecule has 4 heteroatoms. The number of carbonyl (C=O) groups is 1. The van der Waals surface area contributed by atoms with Crippen molar-refractivity contribution in [3.8, 4) is 5.69 Å². The van der Waals surface area contributed by atoms with Gasteiger partial charge < -0.3 is 0 Å². The molecular formula is C14H17N3O. The van der Waals surface area contributed by atoms with E-state index in [1.165, 1.54) is 12.5 Å². The van der Waals surface area contributed by atoms with Crippen molar-refractivity contribution in [1.82, 2.24) is 14.8 Å². The molecule has 0 unspecified atom stereocenters. The molecule has 94 valence electrons.